The van der Waals surface area contributed by atoms with Gasteiger partial charge < -0.3 is 16.2 Å². The predicted molar refractivity (Wildman–Crippen MR) is 62.2 cm³/mol. The number of nitrogens with one attached hydrogen (secondary N) is 1. The summed E-state index contributed by atoms with van der Waals surface area (Å²) in [5, 5.41) is 11.1. The summed E-state index contributed by atoms with van der Waals surface area (Å²) in [6.45, 7) is 3.71. The number of hydrogen-bond donors (Lipinski definition) is 3. The molecule has 0 atom stereocenters. The molecule has 0 fully saturated rings. The van der Waals surface area contributed by atoms with Crippen LogP contribution in [0.25, 0.3) is 0 Å². The Balaban J connectivity index is 2.54. The average molecular weight is 223 g/mol. The van der Waals surface area contributed by atoms with Crippen molar-refractivity contribution in [2.24, 2.45) is 0 Å². The van der Waals surface area contributed by atoms with Crippen molar-refractivity contribution in [3.8, 4) is 0 Å². The quantitative estimate of drug-likeness (QED) is 0.724. The number of nitrogens with zero attached hydrogens (tertiary/aromatic N) is 1. The maximum Gasteiger partial charge on any atom is 0.405 e. The summed E-state index contributed by atoms with van der Waals surface area (Å²) >= 11 is 0. The van der Waals surface area contributed by atoms with Crippen molar-refractivity contribution in [3.05, 3.63) is 23.9 Å². The number of nitrogens with two attached hydrogens (primary N) is 1. The molecule has 0 aliphatic carbocycles. The van der Waals surface area contributed by atoms with Crippen LogP contribution < -0.4 is 11.1 Å². The fraction of sp³-hybridized carbons (Fsp3) is 0.455. The molecule has 0 unspecified atom stereocenters. The lowest BCUT2D eigenvalue weighted by Crippen LogP contribution is -2.42. The van der Waals surface area contributed by atoms with Crippen LogP contribution in [0.3, 0.4) is 0 Å². The lowest BCUT2D eigenvalue weighted by Gasteiger charge is -2.24. The third-order valence-corrected chi connectivity index (χ3v) is 2.33. The molecule has 4 N–H and O–H groups in total. The molecule has 5 nitrogen and oxygen atoms in total. The Hall–Kier alpha value is -1.78. The molecule has 0 aromatic carbocycles. The summed E-state index contributed by atoms with van der Waals surface area (Å²) in [7, 11) is 0. The molecule has 1 aromatic rings. The van der Waals surface area contributed by atoms with E-state index in [4.69, 9.17) is 10.8 Å². The van der Waals surface area contributed by atoms with Gasteiger partial charge in [0.25, 0.3) is 0 Å². The lowest BCUT2D eigenvalue weighted by atomic mass is 9.96. The third-order valence-electron chi connectivity index (χ3n) is 2.33. The SMILES string of the molecule is CC(C)(CCc1ccnc(N)c1)NC(=O)O. The van der Waals surface area contributed by atoms with Crippen LogP contribution in [0.4, 0.5) is 10.6 Å². The van der Waals surface area contributed by atoms with Crippen LogP contribution in [0.2, 0.25) is 0 Å². The fourth-order valence-corrected chi connectivity index (χ4v) is 1.46. The number of pyridine rings is 1. The van der Waals surface area contributed by atoms with Gasteiger partial charge in [-0.15, -0.1) is 0 Å². The smallest absolute Gasteiger partial charge is 0.405 e. The molecule has 0 saturated heterocycles. The van der Waals surface area contributed by atoms with Gasteiger partial charge in [0.05, 0.1) is 0 Å². The van der Waals surface area contributed by atoms with Crippen molar-refractivity contribution in [3.63, 3.8) is 0 Å². The molecule has 0 spiro atoms. The summed E-state index contributed by atoms with van der Waals surface area (Å²) in [5.74, 6) is 0.487. The summed E-state index contributed by atoms with van der Waals surface area (Å²) in [6, 6.07) is 3.68. The predicted octanol–water partition coefficient (Wildman–Crippen LogP) is 1.64. The minimum Gasteiger partial charge on any atom is -0.465 e. The number of aryl methyl sites for hydroxylation is 1. The second-order valence-electron chi connectivity index (χ2n) is 4.40. The van der Waals surface area contributed by atoms with E-state index >= 15 is 0 Å². The molecule has 1 aromatic heterocycles. The molecule has 0 saturated carbocycles. The molecule has 5 heteroatoms. The number of carbonyl (C=O) groups is 1. The van der Waals surface area contributed by atoms with Crippen molar-refractivity contribution >= 4 is 11.9 Å². The van der Waals surface area contributed by atoms with Crippen LogP contribution in [0, 0.1) is 0 Å². The van der Waals surface area contributed by atoms with E-state index in [9.17, 15) is 4.79 Å². The third kappa shape index (κ3) is 4.16. The van der Waals surface area contributed by atoms with E-state index in [-0.39, 0.29) is 0 Å². The molecule has 0 aliphatic heterocycles. The zero-order valence-electron chi connectivity index (χ0n) is 9.53. The minimum absolute atomic E-state index is 0.441. The number of hydrogen-bond acceptors (Lipinski definition) is 3. The monoisotopic (exact) mass is 223 g/mol. The molecule has 1 rings (SSSR count). The standard InChI is InChI=1S/C11H17N3O2/c1-11(2,14-10(15)16)5-3-8-4-6-13-9(12)7-8/h4,6-7,14H,3,5H2,1-2H3,(H2,12,13)(H,15,16). The Kier molecular flexibility index (Phi) is 3.71. The highest BCUT2D eigenvalue weighted by atomic mass is 16.4. The van der Waals surface area contributed by atoms with Crippen molar-refractivity contribution in [2.75, 3.05) is 5.73 Å². The summed E-state index contributed by atoms with van der Waals surface area (Å²) in [5.41, 5.74) is 6.18. The van der Waals surface area contributed by atoms with E-state index in [0.717, 1.165) is 12.0 Å². The van der Waals surface area contributed by atoms with E-state index in [1.807, 2.05) is 19.9 Å². The van der Waals surface area contributed by atoms with Gasteiger partial charge >= 0.3 is 6.09 Å². The number of rotatable bonds is 4. The van der Waals surface area contributed by atoms with Crippen LogP contribution in [-0.2, 0) is 6.42 Å². The van der Waals surface area contributed by atoms with Crippen LogP contribution in [-0.4, -0.2) is 21.7 Å². The summed E-state index contributed by atoms with van der Waals surface area (Å²) in [6.07, 6.45) is 2.13. The summed E-state index contributed by atoms with van der Waals surface area (Å²) < 4.78 is 0. The van der Waals surface area contributed by atoms with E-state index in [1.165, 1.54) is 0 Å². The molecule has 88 valence electrons. The molecular formula is C11H17N3O2. The van der Waals surface area contributed by atoms with Gasteiger partial charge in [-0.05, 0) is 44.4 Å². The van der Waals surface area contributed by atoms with Gasteiger partial charge in [-0.2, -0.15) is 0 Å². The van der Waals surface area contributed by atoms with Crippen LogP contribution >= 0.6 is 0 Å². The molecular weight excluding hydrogens is 206 g/mol. The van der Waals surface area contributed by atoms with Gasteiger partial charge in [0, 0.05) is 11.7 Å². The van der Waals surface area contributed by atoms with Crippen molar-refractivity contribution < 1.29 is 9.90 Å². The van der Waals surface area contributed by atoms with Crippen LogP contribution in [0.1, 0.15) is 25.8 Å². The van der Waals surface area contributed by atoms with Crippen molar-refractivity contribution in [1.29, 1.82) is 0 Å². The lowest BCUT2D eigenvalue weighted by molar-refractivity contribution is 0.180. The highest BCUT2D eigenvalue weighted by Crippen LogP contribution is 2.14. The second kappa shape index (κ2) is 4.83. The minimum atomic E-state index is -1.00. The second-order valence-corrected chi connectivity index (χ2v) is 4.40. The van der Waals surface area contributed by atoms with Crippen molar-refractivity contribution in [2.45, 2.75) is 32.2 Å². The average Bonchev–Trinajstić information content (AvgIpc) is 2.13. The maximum atomic E-state index is 10.5. The highest BCUT2D eigenvalue weighted by Gasteiger charge is 2.19. The Morgan fingerprint density at radius 2 is 2.31 bits per heavy atom. The zero-order valence-corrected chi connectivity index (χ0v) is 9.53. The van der Waals surface area contributed by atoms with E-state index in [1.54, 1.807) is 12.3 Å². The van der Waals surface area contributed by atoms with Gasteiger partial charge in [-0.1, -0.05) is 0 Å². The fourth-order valence-electron chi connectivity index (χ4n) is 1.46. The first-order chi connectivity index (χ1) is 7.39. The number of amides is 1. The van der Waals surface area contributed by atoms with Gasteiger partial charge in [0.15, 0.2) is 0 Å². The van der Waals surface area contributed by atoms with Crippen LogP contribution in [0.15, 0.2) is 18.3 Å². The van der Waals surface area contributed by atoms with E-state index < -0.39 is 11.6 Å². The molecule has 0 bridgehead atoms. The van der Waals surface area contributed by atoms with E-state index in [2.05, 4.69) is 10.3 Å². The van der Waals surface area contributed by atoms with Gasteiger partial charge in [0.1, 0.15) is 5.82 Å². The number of nitrogen functional groups attached to an aromatic ring is 1. The first kappa shape index (κ1) is 12.3. The van der Waals surface area contributed by atoms with Crippen molar-refractivity contribution in [1.82, 2.24) is 10.3 Å². The zero-order chi connectivity index (χ0) is 12.2. The van der Waals surface area contributed by atoms with Gasteiger partial charge in [-0.3, -0.25) is 0 Å². The molecule has 0 aliphatic rings. The number of carboxylic acid groups (broad SMARTS) is 1. The maximum absolute atomic E-state index is 10.5. The topological polar surface area (TPSA) is 88.2 Å². The normalized spacial score (nSPS) is 11.1. The Morgan fingerprint density at radius 3 is 2.88 bits per heavy atom. The molecule has 1 amide bonds. The van der Waals surface area contributed by atoms with Gasteiger partial charge in [-0.25, -0.2) is 9.78 Å². The Labute approximate surface area is 94.7 Å². The largest absolute Gasteiger partial charge is 0.465 e. The van der Waals surface area contributed by atoms with Gasteiger partial charge in [0.2, 0.25) is 0 Å². The Bertz CT molecular complexity index is 377. The summed E-state index contributed by atoms with van der Waals surface area (Å²) in [4.78, 5) is 14.4. The van der Waals surface area contributed by atoms with Crippen LogP contribution in [0.5, 0.6) is 0 Å². The number of aromatic nitrogens is 1. The molecule has 1 heterocycles. The Morgan fingerprint density at radius 1 is 1.62 bits per heavy atom. The van der Waals surface area contributed by atoms with E-state index in [0.29, 0.717) is 12.2 Å². The highest BCUT2D eigenvalue weighted by molar-refractivity contribution is 5.65. The molecule has 0 radical (unpaired) electrons. The first-order valence-corrected chi connectivity index (χ1v) is 5.10. The first-order valence-electron chi connectivity index (χ1n) is 5.10. The molecule has 16 heavy (non-hydrogen) atoms. The number of anilines is 1.